The van der Waals surface area contributed by atoms with Gasteiger partial charge in [-0.15, -0.1) is 0 Å². The van der Waals surface area contributed by atoms with Gasteiger partial charge in [-0.1, -0.05) is 42.0 Å². The Morgan fingerprint density at radius 1 is 0.741 bits per heavy atom. The van der Waals surface area contributed by atoms with Crippen molar-refractivity contribution in [3.8, 4) is 11.5 Å². The first-order valence-electron chi connectivity index (χ1n) is 8.69. The third-order valence-corrected chi connectivity index (χ3v) is 3.98. The van der Waals surface area contributed by atoms with E-state index in [1.54, 1.807) is 26.0 Å². The number of hydrogen-bond donors (Lipinski definition) is 0. The van der Waals surface area contributed by atoms with E-state index in [-0.39, 0.29) is 13.2 Å². The van der Waals surface area contributed by atoms with Crippen molar-refractivity contribution in [1.82, 2.24) is 0 Å². The summed E-state index contributed by atoms with van der Waals surface area (Å²) in [6.07, 6.45) is -1.58. The Bertz CT molecular complexity index is 1010. The Balaban J connectivity index is 2.29. The van der Waals surface area contributed by atoms with Gasteiger partial charge in [-0.2, -0.15) is 0 Å². The number of ether oxygens (including phenoxy) is 4. The van der Waals surface area contributed by atoms with Crippen molar-refractivity contribution >= 4 is 33.9 Å². The highest BCUT2D eigenvalue weighted by molar-refractivity contribution is 6.12. The second-order valence-corrected chi connectivity index (χ2v) is 5.82. The van der Waals surface area contributed by atoms with Gasteiger partial charge in [0.1, 0.15) is 11.5 Å². The van der Waals surface area contributed by atoms with Gasteiger partial charge in [0.15, 0.2) is 0 Å². The molecule has 27 heavy (non-hydrogen) atoms. The van der Waals surface area contributed by atoms with E-state index >= 15 is 0 Å². The lowest BCUT2D eigenvalue weighted by Gasteiger charge is -2.16. The highest BCUT2D eigenvalue weighted by atomic mass is 16.7. The van der Waals surface area contributed by atoms with Gasteiger partial charge in [-0.3, -0.25) is 0 Å². The van der Waals surface area contributed by atoms with Crippen molar-refractivity contribution in [3.63, 3.8) is 0 Å². The van der Waals surface area contributed by atoms with Crippen LogP contribution in [0, 0.1) is 6.92 Å². The Labute approximate surface area is 156 Å². The van der Waals surface area contributed by atoms with Crippen LogP contribution in [0.15, 0.2) is 42.5 Å². The average molecular weight is 368 g/mol. The molecule has 3 aromatic rings. The van der Waals surface area contributed by atoms with E-state index in [2.05, 4.69) is 0 Å². The van der Waals surface area contributed by atoms with Gasteiger partial charge < -0.3 is 18.9 Å². The van der Waals surface area contributed by atoms with Gasteiger partial charge in [-0.05, 0) is 26.8 Å². The van der Waals surface area contributed by atoms with Crippen LogP contribution in [0.5, 0.6) is 11.5 Å². The van der Waals surface area contributed by atoms with Crippen molar-refractivity contribution in [2.24, 2.45) is 0 Å². The molecule has 0 saturated carbocycles. The summed E-state index contributed by atoms with van der Waals surface area (Å²) < 4.78 is 20.9. The van der Waals surface area contributed by atoms with Crippen LogP contribution in [0.25, 0.3) is 21.5 Å². The zero-order chi connectivity index (χ0) is 19.4. The molecule has 0 aliphatic heterocycles. The molecule has 0 radical (unpaired) electrons. The summed E-state index contributed by atoms with van der Waals surface area (Å²) in [7, 11) is 0. The second kappa shape index (κ2) is 7.95. The summed E-state index contributed by atoms with van der Waals surface area (Å²) in [6, 6.07) is 12.8. The molecule has 0 bridgehead atoms. The summed E-state index contributed by atoms with van der Waals surface area (Å²) in [6.45, 7) is 5.75. The summed E-state index contributed by atoms with van der Waals surface area (Å²) in [4.78, 5) is 23.9. The molecule has 0 aliphatic carbocycles. The van der Waals surface area contributed by atoms with E-state index in [1.807, 2.05) is 37.3 Å². The van der Waals surface area contributed by atoms with Crippen LogP contribution in [0.1, 0.15) is 19.4 Å². The van der Waals surface area contributed by atoms with Crippen LogP contribution < -0.4 is 9.47 Å². The fraction of sp³-hybridized carbons (Fsp3) is 0.238. The third kappa shape index (κ3) is 3.79. The van der Waals surface area contributed by atoms with E-state index in [9.17, 15) is 9.59 Å². The molecule has 0 heterocycles. The molecule has 0 aliphatic rings. The monoisotopic (exact) mass is 368 g/mol. The summed E-state index contributed by atoms with van der Waals surface area (Å²) in [5, 5.41) is 2.52. The first-order valence-corrected chi connectivity index (χ1v) is 8.69. The molecule has 0 fully saturated rings. The number of carbonyl (C=O) groups is 2. The van der Waals surface area contributed by atoms with Crippen molar-refractivity contribution < 1.29 is 28.5 Å². The van der Waals surface area contributed by atoms with Gasteiger partial charge in [0.05, 0.1) is 13.2 Å². The predicted molar refractivity (Wildman–Crippen MR) is 101 cm³/mol. The summed E-state index contributed by atoms with van der Waals surface area (Å²) in [5.74, 6) is 0.717. The van der Waals surface area contributed by atoms with Gasteiger partial charge in [0.2, 0.25) is 0 Å². The SMILES string of the molecule is CCOC(=O)Oc1c2ccccc2c(OC(=O)OCC)c2cc(C)ccc12. The lowest BCUT2D eigenvalue weighted by Crippen LogP contribution is -2.12. The molecule has 3 rings (SSSR count). The largest absolute Gasteiger partial charge is 0.513 e. The van der Waals surface area contributed by atoms with E-state index in [1.165, 1.54) is 0 Å². The first kappa shape index (κ1) is 18.5. The molecule has 0 atom stereocenters. The van der Waals surface area contributed by atoms with Crippen LogP contribution in [-0.2, 0) is 9.47 Å². The maximum Gasteiger partial charge on any atom is 0.513 e. The highest BCUT2D eigenvalue weighted by Crippen LogP contribution is 2.43. The molecule has 0 unspecified atom stereocenters. The number of aryl methyl sites for hydroxylation is 1. The van der Waals surface area contributed by atoms with Crippen molar-refractivity contribution in [2.45, 2.75) is 20.8 Å². The fourth-order valence-electron chi connectivity index (χ4n) is 2.89. The summed E-state index contributed by atoms with van der Waals surface area (Å²) >= 11 is 0. The van der Waals surface area contributed by atoms with Crippen molar-refractivity contribution in [1.29, 1.82) is 0 Å². The molecule has 0 amide bonds. The zero-order valence-corrected chi connectivity index (χ0v) is 15.4. The minimum Gasteiger partial charge on any atom is -0.434 e. The quantitative estimate of drug-likeness (QED) is 0.350. The van der Waals surface area contributed by atoms with Crippen LogP contribution in [0.4, 0.5) is 9.59 Å². The standard InChI is InChI=1S/C21H20O6/c1-4-24-20(22)26-18-14-8-6-7-9-15(14)19(27-21(23)25-5-2)17-12-13(3)10-11-16(17)18/h6-12H,4-5H2,1-3H3. The predicted octanol–water partition coefficient (Wildman–Crippen LogP) is 5.37. The van der Waals surface area contributed by atoms with Gasteiger partial charge >= 0.3 is 12.3 Å². The van der Waals surface area contributed by atoms with Gasteiger partial charge in [-0.25, -0.2) is 9.59 Å². The number of carbonyl (C=O) groups excluding carboxylic acids is 2. The normalized spacial score (nSPS) is 10.6. The molecule has 140 valence electrons. The number of hydrogen-bond acceptors (Lipinski definition) is 6. The smallest absolute Gasteiger partial charge is 0.434 e. The molecular weight excluding hydrogens is 348 g/mol. The minimum absolute atomic E-state index is 0.206. The molecule has 6 nitrogen and oxygen atoms in total. The third-order valence-electron chi connectivity index (χ3n) is 3.98. The van der Waals surface area contributed by atoms with E-state index in [0.717, 1.165) is 5.56 Å². The zero-order valence-electron chi connectivity index (χ0n) is 15.4. The van der Waals surface area contributed by atoms with Crippen LogP contribution in [0.2, 0.25) is 0 Å². The van der Waals surface area contributed by atoms with Crippen molar-refractivity contribution in [3.05, 3.63) is 48.0 Å². The molecule has 0 aromatic heterocycles. The lowest BCUT2D eigenvalue weighted by atomic mass is 9.99. The molecule has 6 heteroatoms. The Kier molecular flexibility index (Phi) is 5.45. The van der Waals surface area contributed by atoms with E-state index in [4.69, 9.17) is 18.9 Å². The topological polar surface area (TPSA) is 71.1 Å². The minimum atomic E-state index is -0.788. The number of benzene rings is 3. The van der Waals surface area contributed by atoms with Gasteiger partial charge in [0, 0.05) is 21.5 Å². The molecule has 0 saturated heterocycles. The molecular formula is C21H20O6. The Hall–Kier alpha value is -3.28. The Morgan fingerprint density at radius 2 is 1.22 bits per heavy atom. The second-order valence-electron chi connectivity index (χ2n) is 5.82. The molecule has 0 spiro atoms. The molecule has 0 N–H and O–H groups in total. The van der Waals surface area contributed by atoms with Crippen LogP contribution in [-0.4, -0.2) is 25.5 Å². The number of rotatable bonds is 4. The average Bonchev–Trinajstić information content (AvgIpc) is 2.64. The maximum atomic E-state index is 12.0. The van der Waals surface area contributed by atoms with E-state index < -0.39 is 12.3 Å². The van der Waals surface area contributed by atoms with Gasteiger partial charge in [0.25, 0.3) is 0 Å². The Morgan fingerprint density at radius 3 is 1.74 bits per heavy atom. The molecule has 3 aromatic carbocycles. The number of fused-ring (bicyclic) bond motifs is 2. The fourth-order valence-corrected chi connectivity index (χ4v) is 2.89. The van der Waals surface area contributed by atoms with Crippen molar-refractivity contribution in [2.75, 3.05) is 13.2 Å². The summed E-state index contributed by atoms with van der Waals surface area (Å²) in [5.41, 5.74) is 0.966. The maximum absolute atomic E-state index is 12.0. The van der Waals surface area contributed by atoms with Crippen LogP contribution in [0.3, 0.4) is 0 Å². The highest BCUT2D eigenvalue weighted by Gasteiger charge is 2.21. The lowest BCUT2D eigenvalue weighted by molar-refractivity contribution is 0.103. The van der Waals surface area contributed by atoms with E-state index in [0.29, 0.717) is 33.0 Å². The first-order chi connectivity index (χ1) is 13.0. The van der Waals surface area contributed by atoms with Crippen LogP contribution >= 0.6 is 0 Å².